The molecule has 0 amide bonds. The van der Waals surface area contributed by atoms with E-state index >= 15 is 0 Å². The number of anilines is 1. The lowest BCUT2D eigenvalue weighted by Crippen LogP contribution is -2.35. The van der Waals surface area contributed by atoms with Crippen LogP contribution < -0.4 is 4.90 Å². The van der Waals surface area contributed by atoms with Crippen molar-refractivity contribution in [3.8, 4) is 0 Å². The number of aryl methyl sites for hydroxylation is 1. The third-order valence-corrected chi connectivity index (χ3v) is 2.75. The van der Waals surface area contributed by atoms with Gasteiger partial charge in [-0.15, -0.1) is 0 Å². The lowest BCUT2D eigenvalue weighted by Gasteiger charge is -2.23. The Morgan fingerprint density at radius 3 is 3.13 bits per heavy atom. The van der Waals surface area contributed by atoms with Gasteiger partial charge in [0.25, 0.3) is 0 Å². The zero-order valence-corrected chi connectivity index (χ0v) is 8.68. The van der Waals surface area contributed by atoms with E-state index in [0.29, 0.717) is 0 Å². The molecule has 15 heavy (non-hydrogen) atoms. The maximum atomic E-state index is 11.0. The molecule has 1 N–H and O–H groups in total. The van der Waals surface area contributed by atoms with Crippen LogP contribution in [0, 0.1) is 6.92 Å². The summed E-state index contributed by atoms with van der Waals surface area (Å²) in [5, 5.41) is 9.06. The molecular formula is C11H14N2O2. The molecule has 0 aromatic carbocycles. The number of nitrogens with zero attached hydrogens (tertiary/aromatic N) is 2. The third-order valence-electron chi connectivity index (χ3n) is 2.75. The number of rotatable bonds is 2. The molecule has 1 saturated heterocycles. The van der Waals surface area contributed by atoms with Crippen molar-refractivity contribution >= 4 is 11.7 Å². The SMILES string of the molecule is Cc1cc(N2CCC[C@@H]2C(=O)O)ccn1. The van der Waals surface area contributed by atoms with E-state index in [0.717, 1.165) is 30.8 Å². The van der Waals surface area contributed by atoms with Crippen LogP contribution in [0.25, 0.3) is 0 Å². The molecule has 1 aliphatic rings. The maximum absolute atomic E-state index is 11.0. The lowest BCUT2D eigenvalue weighted by molar-refractivity contribution is -0.138. The van der Waals surface area contributed by atoms with Crippen molar-refractivity contribution in [2.75, 3.05) is 11.4 Å². The summed E-state index contributed by atoms with van der Waals surface area (Å²) in [5.41, 5.74) is 1.89. The first-order chi connectivity index (χ1) is 7.18. The summed E-state index contributed by atoms with van der Waals surface area (Å²) in [6.07, 6.45) is 3.40. The number of carboxylic acids is 1. The summed E-state index contributed by atoms with van der Waals surface area (Å²) in [5.74, 6) is -0.734. The van der Waals surface area contributed by atoms with Gasteiger partial charge in [0, 0.05) is 24.1 Å². The minimum atomic E-state index is -0.734. The Labute approximate surface area is 88.6 Å². The van der Waals surface area contributed by atoms with Crippen LogP contribution in [0.1, 0.15) is 18.5 Å². The van der Waals surface area contributed by atoms with Gasteiger partial charge in [-0.05, 0) is 31.9 Å². The van der Waals surface area contributed by atoms with Gasteiger partial charge in [-0.2, -0.15) is 0 Å². The summed E-state index contributed by atoms with van der Waals surface area (Å²) < 4.78 is 0. The molecule has 0 saturated carbocycles. The number of hydrogen-bond donors (Lipinski definition) is 1. The summed E-state index contributed by atoms with van der Waals surface area (Å²) >= 11 is 0. The van der Waals surface area contributed by atoms with E-state index < -0.39 is 5.97 Å². The molecule has 0 aliphatic carbocycles. The van der Waals surface area contributed by atoms with Crippen molar-refractivity contribution in [3.05, 3.63) is 24.0 Å². The maximum Gasteiger partial charge on any atom is 0.326 e. The molecule has 2 rings (SSSR count). The molecule has 1 aromatic heterocycles. The molecule has 4 nitrogen and oxygen atoms in total. The van der Waals surface area contributed by atoms with Crippen LogP contribution in [-0.2, 0) is 4.79 Å². The van der Waals surface area contributed by atoms with E-state index in [1.54, 1.807) is 6.20 Å². The molecule has 1 aromatic rings. The summed E-state index contributed by atoms with van der Waals surface area (Å²) in [7, 11) is 0. The molecule has 2 heterocycles. The van der Waals surface area contributed by atoms with Crippen LogP contribution in [0.15, 0.2) is 18.3 Å². The van der Waals surface area contributed by atoms with Crippen molar-refractivity contribution < 1.29 is 9.90 Å². The van der Waals surface area contributed by atoms with Gasteiger partial charge in [-0.1, -0.05) is 0 Å². The van der Waals surface area contributed by atoms with Gasteiger partial charge in [0.1, 0.15) is 6.04 Å². The minimum Gasteiger partial charge on any atom is -0.480 e. The highest BCUT2D eigenvalue weighted by Crippen LogP contribution is 2.25. The van der Waals surface area contributed by atoms with Crippen LogP contribution in [0.2, 0.25) is 0 Å². The highest BCUT2D eigenvalue weighted by atomic mass is 16.4. The molecule has 0 bridgehead atoms. The molecule has 0 radical (unpaired) electrons. The van der Waals surface area contributed by atoms with Crippen LogP contribution in [-0.4, -0.2) is 28.6 Å². The van der Waals surface area contributed by atoms with E-state index in [1.807, 2.05) is 24.0 Å². The molecule has 1 atom stereocenters. The average Bonchev–Trinajstić information content (AvgIpc) is 2.65. The number of aliphatic carboxylic acids is 1. The molecule has 80 valence electrons. The van der Waals surface area contributed by atoms with Gasteiger partial charge < -0.3 is 10.0 Å². The fourth-order valence-corrected chi connectivity index (χ4v) is 2.04. The molecular weight excluding hydrogens is 192 g/mol. The Hall–Kier alpha value is -1.58. The van der Waals surface area contributed by atoms with E-state index in [-0.39, 0.29) is 6.04 Å². The fraction of sp³-hybridized carbons (Fsp3) is 0.455. The zero-order chi connectivity index (χ0) is 10.8. The second kappa shape index (κ2) is 3.88. The lowest BCUT2D eigenvalue weighted by atomic mass is 10.2. The van der Waals surface area contributed by atoms with Gasteiger partial charge in [-0.3, -0.25) is 4.98 Å². The van der Waals surface area contributed by atoms with Crippen LogP contribution in [0.3, 0.4) is 0 Å². The zero-order valence-electron chi connectivity index (χ0n) is 8.68. The van der Waals surface area contributed by atoms with Gasteiger partial charge in [0.05, 0.1) is 0 Å². The molecule has 0 unspecified atom stereocenters. The largest absolute Gasteiger partial charge is 0.480 e. The summed E-state index contributed by atoms with van der Waals surface area (Å²) in [6.45, 7) is 2.73. The highest BCUT2D eigenvalue weighted by molar-refractivity contribution is 5.78. The van der Waals surface area contributed by atoms with E-state index in [2.05, 4.69) is 4.98 Å². The smallest absolute Gasteiger partial charge is 0.326 e. The van der Waals surface area contributed by atoms with Gasteiger partial charge in [0.15, 0.2) is 0 Å². The van der Waals surface area contributed by atoms with Gasteiger partial charge in [-0.25, -0.2) is 4.79 Å². The topological polar surface area (TPSA) is 53.4 Å². The first-order valence-electron chi connectivity index (χ1n) is 5.10. The van der Waals surface area contributed by atoms with Crippen LogP contribution in [0.4, 0.5) is 5.69 Å². The van der Waals surface area contributed by atoms with E-state index in [9.17, 15) is 4.79 Å². The number of carboxylic acid groups (broad SMARTS) is 1. The first kappa shape index (κ1) is 9.96. The molecule has 4 heteroatoms. The number of aromatic nitrogens is 1. The number of pyridine rings is 1. The van der Waals surface area contributed by atoms with Gasteiger partial charge in [0.2, 0.25) is 0 Å². The van der Waals surface area contributed by atoms with E-state index in [1.165, 1.54) is 0 Å². The number of carbonyl (C=O) groups is 1. The first-order valence-corrected chi connectivity index (χ1v) is 5.10. The molecule has 0 spiro atoms. The second-order valence-corrected chi connectivity index (χ2v) is 3.85. The van der Waals surface area contributed by atoms with E-state index in [4.69, 9.17) is 5.11 Å². The Balaban J connectivity index is 2.26. The Bertz CT molecular complexity index is 379. The quantitative estimate of drug-likeness (QED) is 0.795. The number of hydrogen-bond acceptors (Lipinski definition) is 3. The standard InChI is InChI=1S/C11H14N2O2/c1-8-7-9(4-5-12-8)13-6-2-3-10(13)11(14)15/h4-5,7,10H,2-3,6H2,1H3,(H,14,15)/t10-/m1/s1. The predicted octanol–water partition coefficient (Wildman–Crippen LogP) is 1.44. The second-order valence-electron chi connectivity index (χ2n) is 3.85. The fourth-order valence-electron chi connectivity index (χ4n) is 2.04. The molecule has 1 fully saturated rings. The average molecular weight is 206 g/mol. The monoisotopic (exact) mass is 206 g/mol. The van der Waals surface area contributed by atoms with Crippen LogP contribution >= 0.6 is 0 Å². The highest BCUT2D eigenvalue weighted by Gasteiger charge is 2.30. The van der Waals surface area contributed by atoms with Gasteiger partial charge >= 0.3 is 5.97 Å². The van der Waals surface area contributed by atoms with Crippen molar-refractivity contribution in [2.24, 2.45) is 0 Å². The normalized spacial score (nSPS) is 20.6. The van der Waals surface area contributed by atoms with Crippen molar-refractivity contribution in [1.29, 1.82) is 0 Å². The van der Waals surface area contributed by atoms with Crippen molar-refractivity contribution in [1.82, 2.24) is 4.98 Å². The van der Waals surface area contributed by atoms with Crippen molar-refractivity contribution in [2.45, 2.75) is 25.8 Å². The Kier molecular flexibility index (Phi) is 2.58. The Morgan fingerprint density at radius 2 is 2.47 bits per heavy atom. The van der Waals surface area contributed by atoms with Crippen molar-refractivity contribution in [3.63, 3.8) is 0 Å². The van der Waals surface area contributed by atoms with Crippen LogP contribution in [0.5, 0.6) is 0 Å². The molecule has 1 aliphatic heterocycles. The predicted molar refractivity (Wildman–Crippen MR) is 57.0 cm³/mol. The summed E-state index contributed by atoms with van der Waals surface area (Å²) in [4.78, 5) is 17.1. The minimum absolute atomic E-state index is 0.369. The summed E-state index contributed by atoms with van der Waals surface area (Å²) in [6, 6.07) is 3.43. The third kappa shape index (κ3) is 1.93. The Morgan fingerprint density at radius 1 is 1.67 bits per heavy atom.